The number of likely N-dealkylation sites (tertiary alicyclic amines) is 1. The molecule has 0 spiro atoms. The van der Waals surface area contributed by atoms with Gasteiger partial charge in [-0.1, -0.05) is 29.8 Å². The molecule has 0 aliphatic carbocycles. The fraction of sp³-hybridized carbons (Fsp3) is 0.391. The van der Waals surface area contributed by atoms with Crippen LogP contribution in [-0.4, -0.2) is 34.9 Å². The first kappa shape index (κ1) is 19.1. The molecule has 3 aromatic rings. The molecule has 1 amide bonds. The maximum Gasteiger partial charge on any atom is 0.241 e. The van der Waals surface area contributed by atoms with E-state index >= 15 is 0 Å². The molecular weight excluding hydrogens is 366 g/mol. The maximum absolute atomic E-state index is 12.8. The van der Waals surface area contributed by atoms with Crippen LogP contribution in [0.5, 0.6) is 0 Å². The molecule has 0 saturated carbocycles. The molecule has 1 unspecified atom stereocenters. The molecule has 4 rings (SSSR count). The Morgan fingerprint density at radius 1 is 1.18 bits per heavy atom. The zero-order valence-electron chi connectivity index (χ0n) is 16.7. The summed E-state index contributed by atoms with van der Waals surface area (Å²) in [6, 6.07) is 14.4. The molecule has 5 heteroatoms. The largest absolute Gasteiger partial charge is 0.324 e. The van der Waals surface area contributed by atoms with Gasteiger partial charge in [0.2, 0.25) is 5.91 Å². The van der Waals surface area contributed by atoms with Gasteiger partial charge in [0.1, 0.15) is 0 Å². The highest BCUT2D eigenvalue weighted by atomic mass is 32.1. The number of nitrogens with zero attached hydrogens (tertiary/aromatic N) is 2. The fourth-order valence-corrected chi connectivity index (χ4v) is 5.09. The third-order valence-electron chi connectivity index (χ3n) is 5.76. The van der Waals surface area contributed by atoms with Crippen molar-refractivity contribution in [3.05, 3.63) is 58.6 Å². The molecule has 1 aliphatic rings. The summed E-state index contributed by atoms with van der Waals surface area (Å²) in [7, 11) is 0. The van der Waals surface area contributed by atoms with E-state index in [-0.39, 0.29) is 11.9 Å². The summed E-state index contributed by atoms with van der Waals surface area (Å²) in [6.07, 6.45) is 2.11. The number of para-hydroxylation sites is 1. The number of amides is 1. The van der Waals surface area contributed by atoms with Gasteiger partial charge in [-0.3, -0.25) is 9.69 Å². The molecule has 1 aromatic heterocycles. The van der Waals surface area contributed by atoms with Gasteiger partial charge in [0.25, 0.3) is 0 Å². The van der Waals surface area contributed by atoms with Gasteiger partial charge in [0.15, 0.2) is 0 Å². The molecule has 28 heavy (non-hydrogen) atoms. The quantitative estimate of drug-likeness (QED) is 0.669. The van der Waals surface area contributed by atoms with Gasteiger partial charge >= 0.3 is 0 Å². The van der Waals surface area contributed by atoms with E-state index in [1.54, 1.807) is 0 Å². The number of rotatable bonds is 4. The van der Waals surface area contributed by atoms with Crippen molar-refractivity contribution in [2.45, 2.75) is 45.6 Å². The van der Waals surface area contributed by atoms with Crippen molar-refractivity contribution in [3.63, 3.8) is 0 Å². The predicted molar refractivity (Wildman–Crippen MR) is 117 cm³/mol. The van der Waals surface area contributed by atoms with Crippen LogP contribution in [-0.2, 0) is 4.79 Å². The molecule has 0 bridgehead atoms. The lowest BCUT2D eigenvalue weighted by Gasteiger charge is -2.34. The topological polar surface area (TPSA) is 45.2 Å². The van der Waals surface area contributed by atoms with Crippen LogP contribution in [0.2, 0.25) is 0 Å². The average Bonchev–Trinajstić information content (AvgIpc) is 3.14. The minimum absolute atomic E-state index is 0.0744. The Labute approximate surface area is 170 Å². The number of hydrogen-bond acceptors (Lipinski definition) is 4. The van der Waals surface area contributed by atoms with Gasteiger partial charge in [-0.05, 0) is 70.5 Å². The Bertz CT molecular complexity index is 955. The first-order valence-corrected chi connectivity index (χ1v) is 10.8. The van der Waals surface area contributed by atoms with Crippen LogP contribution in [0.3, 0.4) is 0 Å². The van der Waals surface area contributed by atoms with Crippen LogP contribution in [0.25, 0.3) is 10.2 Å². The molecule has 4 nitrogen and oxygen atoms in total. The summed E-state index contributed by atoms with van der Waals surface area (Å²) < 4.78 is 1.26. The van der Waals surface area contributed by atoms with Crippen molar-refractivity contribution in [3.8, 4) is 0 Å². The number of hydrogen-bond donors (Lipinski definition) is 1. The average molecular weight is 394 g/mol. The lowest BCUT2D eigenvalue weighted by molar-refractivity contribution is -0.121. The van der Waals surface area contributed by atoms with Gasteiger partial charge in [0, 0.05) is 11.6 Å². The van der Waals surface area contributed by atoms with E-state index in [0.717, 1.165) is 42.7 Å². The minimum atomic E-state index is -0.128. The fourth-order valence-electron chi connectivity index (χ4n) is 3.96. The highest BCUT2D eigenvalue weighted by Crippen LogP contribution is 2.34. The van der Waals surface area contributed by atoms with Crippen LogP contribution in [0, 0.1) is 13.8 Å². The minimum Gasteiger partial charge on any atom is -0.324 e. The lowest BCUT2D eigenvalue weighted by atomic mass is 9.96. The zero-order chi connectivity index (χ0) is 19.7. The molecule has 2 aromatic carbocycles. The standard InChI is InChI=1S/C23H27N3OS/c1-15-8-9-19(16(2)14-15)24-22(27)17(3)26-12-10-18(11-13-26)23-25-20-6-4-5-7-21(20)28-23/h4-9,14,17-18H,10-13H2,1-3H3,(H,24,27). The second-order valence-electron chi connectivity index (χ2n) is 7.81. The summed E-state index contributed by atoms with van der Waals surface area (Å²) in [4.78, 5) is 19.9. The monoisotopic (exact) mass is 393 g/mol. The number of benzene rings is 2. The SMILES string of the molecule is Cc1ccc(NC(=O)C(C)N2CCC(c3nc4ccccc4s3)CC2)c(C)c1. The van der Waals surface area contributed by atoms with Crippen LogP contribution in [0.1, 0.15) is 41.8 Å². The summed E-state index contributed by atoms with van der Waals surface area (Å²) in [6.45, 7) is 7.98. The van der Waals surface area contributed by atoms with Crippen LogP contribution in [0.15, 0.2) is 42.5 Å². The number of nitrogens with one attached hydrogen (secondary N) is 1. The Morgan fingerprint density at radius 3 is 2.64 bits per heavy atom. The molecule has 146 valence electrons. The number of aromatic nitrogens is 1. The summed E-state index contributed by atoms with van der Waals surface area (Å²) in [5.41, 5.74) is 4.33. The third-order valence-corrected chi connectivity index (χ3v) is 6.96. The summed E-state index contributed by atoms with van der Waals surface area (Å²) in [5, 5.41) is 4.35. The maximum atomic E-state index is 12.8. The number of fused-ring (bicyclic) bond motifs is 1. The number of anilines is 1. The van der Waals surface area contributed by atoms with Crippen molar-refractivity contribution in [1.82, 2.24) is 9.88 Å². The number of carbonyl (C=O) groups is 1. The molecule has 1 aliphatic heterocycles. The van der Waals surface area contributed by atoms with Crippen molar-refractivity contribution in [1.29, 1.82) is 0 Å². The molecule has 1 fully saturated rings. The number of aryl methyl sites for hydroxylation is 2. The van der Waals surface area contributed by atoms with E-state index in [0.29, 0.717) is 5.92 Å². The Balaban J connectivity index is 1.36. The number of thiazole rings is 1. The normalized spacial score (nSPS) is 17.0. The van der Waals surface area contributed by atoms with E-state index in [4.69, 9.17) is 4.98 Å². The molecule has 2 heterocycles. The highest BCUT2D eigenvalue weighted by molar-refractivity contribution is 7.18. The Hall–Kier alpha value is -2.24. The first-order chi connectivity index (χ1) is 13.5. The molecule has 1 atom stereocenters. The highest BCUT2D eigenvalue weighted by Gasteiger charge is 2.28. The smallest absolute Gasteiger partial charge is 0.241 e. The van der Waals surface area contributed by atoms with Gasteiger partial charge in [-0.2, -0.15) is 0 Å². The van der Waals surface area contributed by atoms with Gasteiger partial charge in [0.05, 0.1) is 21.3 Å². The van der Waals surface area contributed by atoms with E-state index in [9.17, 15) is 4.79 Å². The van der Waals surface area contributed by atoms with Gasteiger partial charge in [-0.25, -0.2) is 4.98 Å². The molecular formula is C23H27N3OS. The molecule has 1 saturated heterocycles. The predicted octanol–water partition coefficient (Wildman–Crippen LogP) is 5.12. The van der Waals surface area contributed by atoms with E-state index in [1.807, 2.05) is 43.4 Å². The first-order valence-electron chi connectivity index (χ1n) is 9.99. The Morgan fingerprint density at radius 2 is 1.93 bits per heavy atom. The number of piperidine rings is 1. The summed E-state index contributed by atoms with van der Waals surface area (Å²) >= 11 is 1.82. The van der Waals surface area contributed by atoms with Crippen LogP contribution >= 0.6 is 11.3 Å². The van der Waals surface area contributed by atoms with Gasteiger partial charge < -0.3 is 5.32 Å². The van der Waals surface area contributed by atoms with Crippen LogP contribution in [0.4, 0.5) is 5.69 Å². The second kappa shape index (κ2) is 8.02. The van der Waals surface area contributed by atoms with Gasteiger partial charge in [-0.15, -0.1) is 11.3 Å². The molecule has 1 N–H and O–H groups in total. The lowest BCUT2D eigenvalue weighted by Crippen LogP contribution is -2.45. The van der Waals surface area contributed by atoms with E-state index in [2.05, 4.69) is 41.4 Å². The van der Waals surface area contributed by atoms with Crippen molar-refractivity contribution in [2.75, 3.05) is 18.4 Å². The Kier molecular flexibility index (Phi) is 5.47. The zero-order valence-corrected chi connectivity index (χ0v) is 17.6. The van der Waals surface area contributed by atoms with Crippen molar-refractivity contribution in [2.24, 2.45) is 0 Å². The van der Waals surface area contributed by atoms with Crippen molar-refractivity contribution >= 4 is 33.1 Å². The third kappa shape index (κ3) is 3.96. The van der Waals surface area contributed by atoms with Crippen molar-refractivity contribution < 1.29 is 4.79 Å². The number of carbonyl (C=O) groups excluding carboxylic acids is 1. The van der Waals surface area contributed by atoms with E-state index < -0.39 is 0 Å². The molecule has 0 radical (unpaired) electrons. The summed E-state index contributed by atoms with van der Waals surface area (Å²) in [5.74, 6) is 0.577. The van der Waals surface area contributed by atoms with Crippen LogP contribution < -0.4 is 5.32 Å². The second-order valence-corrected chi connectivity index (χ2v) is 8.88. The van der Waals surface area contributed by atoms with E-state index in [1.165, 1.54) is 15.3 Å².